The molecule has 0 unspecified atom stereocenters. The van der Waals surface area contributed by atoms with Gasteiger partial charge in [0.2, 0.25) is 0 Å². The molecule has 0 saturated heterocycles. The van der Waals surface area contributed by atoms with Gasteiger partial charge < -0.3 is 4.74 Å². The predicted molar refractivity (Wildman–Crippen MR) is 136 cm³/mol. The van der Waals surface area contributed by atoms with Gasteiger partial charge in [-0.25, -0.2) is 5.43 Å². The Hall–Kier alpha value is -3.33. The van der Waals surface area contributed by atoms with Crippen molar-refractivity contribution in [2.75, 3.05) is 12.9 Å². The standard InChI is InChI=1S/C24H19Cl2N5O2S/c1-33-18-12-10-17(11-13-18)31-23(16-6-3-2-4-7-16)29-30-24(31)34-15-22(32)28-27-14-19-20(25)8-5-9-21(19)26/h2-14H,15H2,1H3,(H,28,32)/b27-14+. The average Bonchev–Trinajstić information content (AvgIpc) is 3.29. The Morgan fingerprint density at radius 2 is 1.74 bits per heavy atom. The van der Waals surface area contributed by atoms with E-state index >= 15 is 0 Å². The highest BCUT2D eigenvalue weighted by Gasteiger charge is 2.17. The zero-order valence-corrected chi connectivity index (χ0v) is 20.3. The van der Waals surface area contributed by atoms with Crippen LogP contribution in [0.3, 0.4) is 0 Å². The molecule has 4 aromatic rings. The second-order valence-corrected chi connectivity index (χ2v) is 8.68. The molecule has 4 rings (SSSR count). The number of carbonyl (C=O) groups is 1. The van der Waals surface area contributed by atoms with Gasteiger partial charge in [-0.3, -0.25) is 9.36 Å². The summed E-state index contributed by atoms with van der Waals surface area (Å²) in [4.78, 5) is 12.4. The molecule has 0 fully saturated rings. The number of hydrogen-bond donors (Lipinski definition) is 1. The van der Waals surface area contributed by atoms with E-state index < -0.39 is 0 Å². The van der Waals surface area contributed by atoms with E-state index in [1.165, 1.54) is 18.0 Å². The second-order valence-electron chi connectivity index (χ2n) is 6.92. The second kappa shape index (κ2) is 11.2. The lowest BCUT2D eigenvalue weighted by molar-refractivity contribution is -0.118. The van der Waals surface area contributed by atoms with Crippen LogP contribution in [-0.4, -0.2) is 39.7 Å². The first-order valence-corrected chi connectivity index (χ1v) is 11.8. The summed E-state index contributed by atoms with van der Waals surface area (Å²) < 4.78 is 7.17. The number of rotatable bonds is 8. The number of aromatic nitrogens is 3. The molecule has 0 aliphatic heterocycles. The normalized spacial score (nSPS) is 11.0. The van der Waals surface area contributed by atoms with Crippen molar-refractivity contribution in [1.82, 2.24) is 20.2 Å². The van der Waals surface area contributed by atoms with Crippen LogP contribution < -0.4 is 10.2 Å². The molecule has 3 aromatic carbocycles. The number of ether oxygens (including phenoxy) is 1. The lowest BCUT2D eigenvalue weighted by Crippen LogP contribution is -2.20. The van der Waals surface area contributed by atoms with Crippen molar-refractivity contribution in [3.8, 4) is 22.8 Å². The molecule has 10 heteroatoms. The van der Waals surface area contributed by atoms with Gasteiger partial charge in [0.1, 0.15) is 5.75 Å². The Kier molecular flexibility index (Phi) is 7.84. The number of hydrogen-bond acceptors (Lipinski definition) is 6. The van der Waals surface area contributed by atoms with Gasteiger partial charge in [0, 0.05) is 16.8 Å². The van der Waals surface area contributed by atoms with Crippen molar-refractivity contribution in [3.05, 3.63) is 88.4 Å². The first kappa shape index (κ1) is 23.8. The highest BCUT2D eigenvalue weighted by Crippen LogP contribution is 2.29. The number of benzene rings is 3. The van der Waals surface area contributed by atoms with Crippen LogP contribution in [0.1, 0.15) is 5.56 Å². The average molecular weight is 512 g/mol. The minimum Gasteiger partial charge on any atom is -0.497 e. The van der Waals surface area contributed by atoms with Crippen LogP contribution in [0.25, 0.3) is 17.1 Å². The van der Waals surface area contributed by atoms with E-state index in [0.29, 0.717) is 26.6 Å². The fourth-order valence-corrected chi connectivity index (χ4v) is 4.31. The van der Waals surface area contributed by atoms with E-state index in [1.54, 1.807) is 25.3 Å². The summed E-state index contributed by atoms with van der Waals surface area (Å²) in [5.41, 5.74) is 4.77. The van der Waals surface area contributed by atoms with Gasteiger partial charge in [0.15, 0.2) is 11.0 Å². The molecule has 0 spiro atoms. The van der Waals surface area contributed by atoms with E-state index in [4.69, 9.17) is 27.9 Å². The third-order valence-corrected chi connectivity index (χ3v) is 6.30. The van der Waals surface area contributed by atoms with Gasteiger partial charge in [-0.1, -0.05) is 71.4 Å². The molecule has 0 aliphatic carbocycles. The fraction of sp³-hybridized carbons (Fsp3) is 0.0833. The monoisotopic (exact) mass is 511 g/mol. The van der Waals surface area contributed by atoms with Crippen molar-refractivity contribution in [1.29, 1.82) is 0 Å². The summed E-state index contributed by atoms with van der Waals surface area (Å²) in [5.74, 6) is 1.18. The van der Waals surface area contributed by atoms with E-state index in [2.05, 4.69) is 20.7 Å². The first-order valence-electron chi connectivity index (χ1n) is 10.1. The highest BCUT2D eigenvalue weighted by atomic mass is 35.5. The number of carbonyl (C=O) groups excluding carboxylic acids is 1. The van der Waals surface area contributed by atoms with Crippen molar-refractivity contribution in [2.45, 2.75) is 5.16 Å². The summed E-state index contributed by atoms with van der Waals surface area (Å²) in [6.07, 6.45) is 1.42. The lowest BCUT2D eigenvalue weighted by atomic mass is 10.2. The Morgan fingerprint density at radius 3 is 2.41 bits per heavy atom. The molecule has 0 saturated carbocycles. The molecule has 0 aliphatic rings. The summed E-state index contributed by atoms with van der Waals surface area (Å²) in [5, 5.41) is 14.1. The van der Waals surface area contributed by atoms with Crippen LogP contribution in [0, 0.1) is 0 Å². The molecule has 7 nitrogen and oxygen atoms in total. The topological polar surface area (TPSA) is 81.4 Å². The van der Waals surface area contributed by atoms with E-state index in [0.717, 1.165) is 17.0 Å². The maximum Gasteiger partial charge on any atom is 0.250 e. The minimum absolute atomic E-state index is 0.0800. The molecule has 0 radical (unpaired) electrons. The molecule has 1 N–H and O–H groups in total. The number of amides is 1. The predicted octanol–water partition coefficient (Wildman–Crippen LogP) is 5.49. The van der Waals surface area contributed by atoms with Gasteiger partial charge in [0.25, 0.3) is 5.91 Å². The van der Waals surface area contributed by atoms with Gasteiger partial charge in [-0.2, -0.15) is 5.10 Å². The van der Waals surface area contributed by atoms with Crippen LogP contribution in [0.4, 0.5) is 0 Å². The number of nitrogens with zero attached hydrogens (tertiary/aromatic N) is 4. The molecule has 1 heterocycles. The molecular formula is C24H19Cl2N5O2S. The number of methoxy groups -OCH3 is 1. The van der Waals surface area contributed by atoms with Crippen molar-refractivity contribution in [3.63, 3.8) is 0 Å². The van der Waals surface area contributed by atoms with Crippen LogP contribution in [0.2, 0.25) is 10.0 Å². The molecule has 172 valence electrons. The van der Waals surface area contributed by atoms with Crippen LogP contribution in [0.5, 0.6) is 5.75 Å². The Morgan fingerprint density at radius 1 is 1.03 bits per heavy atom. The van der Waals surface area contributed by atoms with Crippen LogP contribution in [-0.2, 0) is 4.79 Å². The third-order valence-electron chi connectivity index (χ3n) is 4.71. The summed E-state index contributed by atoms with van der Waals surface area (Å²) in [6.45, 7) is 0. The third kappa shape index (κ3) is 5.59. The minimum atomic E-state index is -0.310. The van der Waals surface area contributed by atoms with Gasteiger partial charge in [-0.15, -0.1) is 10.2 Å². The largest absolute Gasteiger partial charge is 0.497 e. The number of hydrazone groups is 1. The molecule has 34 heavy (non-hydrogen) atoms. The molecular weight excluding hydrogens is 493 g/mol. The maximum atomic E-state index is 12.4. The zero-order chi connectivity index (χ0) is 23.9. The van der Waals surface area contributed by atoms with E-state index in [-0.39, 0.29) is 11.7 Å². The Balaban J connectivity index is 1.52. The van der Waals surface area contributed by atoms with Crippen molar-refractivity contribution < 1.29 is 9.53 Å². The summed E-state index contributed by atoms with van der Waals surface area (Å²) in [7, 11) is 1.62. The molecule has 1 aromatic heterocycles. The molecule has 0 bridgehead atoms. The van der Waals surface area contributed by atoms with E-state index in [9.17, 15) is 4.79 Å². The van der Waals surface area contributed by atoms with Gasteiger partial charge in [-0.05, 0) is 36.4 Å². The smallest absolute Gasteiger partial charge is 0.250 e. The molecule has 1 amide bonds. The quantitative estimate of drug-likeness (QED) is 0.192. The maximum absolute atomic E-state index is 12.4. The number of halogens is 2. The number of nitrogens with one attached hydrogen (secondary N) is 1. The SMILES string of the molecule is COc1ccc(-n2c(SCC(=O)N/N=C/c3c(Cl)cccc3Cl)nnc2-c2ccccc2)cc1. The van der Waals surface area contributed by atoms with Crippen LogP contribution >= 0.6 is 35.0 Å². The Bertz CT molecular complexity index is 1290. The van der Waals surface area contributed by atoms with Crippen LogP contribution in [0.15, 0.2) is 83.1 Å². The summed E-state index contributed by atoms with van der Waals surface area (Å²) >= 11 is 13.5. The van der Waals surface area contributed by atoms with Crippen molar-refractivity contribution in [2.24, 2.45) is 5.10 Å². The lowest BCUT2D eigenvalue weighted by Gasteiger charge is -2.11. The van der Waals surface area contributed by atoms with E-state index in [1.807, 2.05) is 59.2 Å². The first-order chi connectivity index (χ1) is 16.6. The highest BCUT2D eigenvalue weighted by molar-refractivity contribution is 7.99. The summed E-state index contributed by atoms with van der Waals surface area (Å²) in [6, 6.07) is 22.4. The molecule has 0 atom stereocenters. The number of thioether (sulfide) groups is 1. The fourth-order valence-electron chi connectivity index (χ4n) is 3.07. The van der Waals surface area contributed by atoms with Gasteiger partial charge >= 0.3 is 0 Å². The van der Waals surface area contributed by atoms with Gasteiger partial charge in [0.05, 0.1) is 29.1 Å². The zero-order valence-electron chi connectivity index (χ0n) is 18.0. The van der Waals surface area contributed by atoms with Crippen molar-refractivity contribution >= 4 is 47.1 Å². The Labute approximate surface area is 210 Å².